The van der Waals surface area contributed by atoms with Crippen LogP contribution in [-0.4, -0.2) is 34.2 Å². The summed E-state index contributed by atoms with van der Waals surface area (Å²) in [6, 6.07) is 0. The molecule has 0 radical (unpaired) electrons. The molecule has 0 unspecified atom stereocenters. The van der Waals surface area contributed by atoms with E-state index < -0.39 is 52.2 Å². The first-order valence-corrected chi connectivity index (χ1v) is 8.04. The van der Waals surface area contributed by atoms with E-state index in [9.17, 15) is 39.9 Å². The molecule has 0 aromatic carbocycles. The molecule has 0 saturated heterocycles. The summed E-state index contributed by atoms with van der Waals surface area (Å²) >= 11 is 6.20. The molecule has 0 spiro atoms. The van der Waals surface area contributed by atoms with Gasteiger partial charge in [0.2, 0.25) is 0 Å². The number of rotatable bonds is 4. The van der Waals surface area contributed by atoms with Gasteiger partial charge in [0.25, 0.3) is 5.56 Å². The molecule has 0 saturated carbocycles. The van der Waals surface area contributed by atoms with Crippen molar-refractivity contribution in [2.45, 2.75) is 18.3 Å². The predicted octanol–water partition coefficient (Wildman–Crippen LogP) is 4.00. The van der Waals surface area contributed by atoms with Crippen LogP contribution >= 0.6 is 22.9 Å². The van der Waals surface area contributed by atoms with Gasteiger partial charge in [-0.15, -0.1) is 0 Å². The summed E-state index contributed by atoms with van der Waals surface area (Å²) in [7, 11) is 0. The number of nitrogens with two attached hydrogens (primary N) is 1. The molecule has 5 nitrogen and oxygen atoms in total. The number of nitrogens with zero attached hydrogens (tertiary/aromatic N) is 3. The Labute approximate surface area is 158 Å². The number of halogens is 9. The molecular formula is C13H7ClF8N4OS. The molecule has 154 valence electrons. The lowest BCUT2D eigenvalue weighted by Crippen LogP contribution is -2.39. The Kier molecular flexibility index (Phi) is 5.76. The number of fused-ring (bicyclic) bond motifs is 1. The second-order valence-electron chi connectivity index (χ2n) is 5.12. The van der Waals surface area contributed by atoms with Crippen molar-refractivity contribution >= 4 is 39.7 Å². The first-order valence-electron chi connectivity index (χ1n) is 6.84. The van der Waals surface area contributed by atoms with Gasteiger partial charge in [0.15, 0.2) is 10.7 Å². The van der Waals surface area contributed by atoms with Crippen molar-refractivity contribution < 1.29 is 35.1 Å². The smallest absolute Gasteiger partial charge is 0.404 e. The lowest BCUT2D eigenvalue weighted by atomic mass is 10.1. The Morgan fingerprint density at radius 3 is 2.36 bits per heavy atom. The molecule has 0 aliphatic carbocycles. The first kappa shape index (κ1) is 22.1. The number of aliphatic imine (C=N–C) groups is 1. The van der Waals surface area contributed by atoms with Crippen LogP contribution in [0.2, 0.25) is 4.34 Å². The van der Waals surface area contributed by atoms with E-state index in [0.29, 0.717) is 21.9 Å². The van der Waals surface area contributed by atoms with E-state index in [0.717, 1.165) is 6.20 Å². The molecule has 2 N–H and O–H groups in total. The van der Waals surface area contributed by atoms with Crippen molar-refractivity contribution in [1.82, 2.24) is 9.38 Å². The van der Waals surface area contributed by atoms with Crippen molar-refractivity contribution in [2.24, 2.45) is 10.7 Å². The summed E-state index contributed by atoms with van der Waals surface area (Å²) in [5.74, 6) is -5.23. The minimum atomic E-state index is -5.92. The van der Waals surface area contributed by atoms with Crippen molar-refractivity contribution in [3.8, 4) is 0 Å². The van der Waals surface area contributed by atoms with Crippen molar-refractivity contribution in [1.29, 1.82) is 0 Å². The Morgan fingerprint density at radius 2 is 1.86 bits per heavy atom. The maximum Gasteiger partial charge on any atom is 0.455 e. The molecule has 2 aromatic rings. The lowest BCUT2D eigenvalue weighted by Gasteiger charge is -2.17. The third kappa shape index (κ3) is 4.27. The number of allylic oxidation sites excluding steroid dienone is 1. The van der Waals surface area contributed by atoms with Crippen LogP contribution < -0.4 is 11.3 Å². The predicted molar refractivity (Wildman–Crippen MR) is 85.9 cm³/mol. The number of aromatic nitrogens is 2. The van der Waals surface area contributed by atoms with E-state index in [-0.39, 0.29) is 10.6 Å². The average Bonchev–Trinajstić information content (AvgIpc) is 2.91. The number of alkyl halides is 8. The fourth-order valence-electron chi connectivity index (χ4n) is 1.92. The molecule has 15 heteroatoms. The number of hydrogen-bond donors (Lipinski definition) is 1. The highest BCUT2D eigenvalue weighted by Gasteiger charge is 2.57. The van der Waals surface area contributed by atoms with Crippen LogP contribution in [0.25, 0.3) is 10.5 Å². The summed E-state index contributed by atoms with van der Waals surface area (Å²) in [6.07, 6.45) is -9.50. The van der Waals surface area contributed by atoms with Crippen LogP contribution in [-0.2, 0) is 6.18 Å². The minimum absolute atomic E-state index is 0.0772. The molecule has 2 heterocycles. The number of thiazole rings is 1. The largest absolute Gasteiger partial charge is 0.455 e. The van der Waals surface area contributed by atoms with Gasteiger partial charge in [-0.05, 0) is 0 Å². The standard InChI is InChI=1S/C13H7ClF8N4OS/c14-6-3-26-9(27)7(8(12(17,18)19)25-10(26)28-6)5(1-23)2-24-4-11(15,16)13(20,21)22/h1-3H,4,23H2. The Bertz CT molecular complexity index is 1000. The van der Waals surface area contributed by atoms with Crippen LogP contribution in [0.1, 0.15) is 11.3 Å². The highest BCUT2D eigenvalue weighted by Crippen LogP contribution is 2.36. The van der Waals surface area contributed by atoms with E-state index in [2.05, 4.69) is 9.98 Å². The zero-order valence-electron chi connectivity index (χ0n) is 13.1. The van der Waals surface area contributed by atoms with Gasteiger partial charge in [0, 0.05) is 24.2 Å². The zero-order valence-corrected chi connectivity index (χ0v) is 14.6. The van der Waals surface area contributed by atoms with Gasteiger partial charge in [-0.25, -0.2) is 4.98 Å². The molecule has 2 aromatic heterocycles. The highest BCUT2D eigenvalue weighted by molar-refractivity contribution is 7.20. The second-order valence-corrected chi connectivity index (χ2v) is 6.76. The van der Waals surface area contributed by atoms with E-state index >= 15 is 0 Å². The molecule has 28 heavy (non-hydrogen) atoms. The van der Waals surface area contributed by atoms with Crippen molar-refractivity contribution in [2.75, 3.05) is 6.54 Å². The molecule has 0 atom stereocenters. The summed E-state index contributed by atoms with van der Waals surface area (Å²) in [4.78, 5) is 18.1. The molecule has 0 bridgehead atoms. The zero-order chi connectivity index (χ0) is 21.5. The topological polar surface area (TPSA) is 72.8 Å². The Hall–Kier alpha value is -2.22. The van der Waals surface area contributed by atoms with E-state index in [1.165, 1.54) is 0 Å². The van der Waals surface area contributed by atoms with E-state index in [1.54, 1.807) is 0 Å². The average molecular weight is 455 g/mol. The van der Waals surface area contributed by atoms with Gasteiger partial charge in [-0.1, -0.05) is 22.9 Å². The lowest BCUT2D eigenvalue weighted by molar-refractivity contribution is -0.276. The van der Waals surface area contributed by atoms with Gasteiger partial charge < -0.3 is 5.73 Å². The van der Waals surface area contributed by atoms with Crippen LogP contribution in [0.4, 0.5) is 35.1 Å². The SMILES string of the molecule is NC=C(C=NCC(F)(F)C(F)(F)F)c1c(C(F)(F)F)nc2sc(Cl)cn2c1=O. The quantitative estimate of drug-likeness (QED) is 0.561. The molecular weight excluding hydrogens is 448 g/mol. The molecule has 0 amide bonds. The van der Waals surface area contributed by atoms with Crippen LogP contribution in [0.5, 0.6) is 0 Å². The van der Waals surface area contributed by atoms with E-state index in [1.807, 2.05) is 0 Å². The fraction of sp³-hybridized carbons (Fsp3) is 0.308. The minimum Gasteiger partial charge on any atom is -0.404 e. The number of hydrogen-bond acceptors (Lipinski definition) is 5. The first-order chi connectivity index (χ1) is 12.7. The van der Waals surface area contributed by atoms with E-state index in [4.69, 9.17) is 17.3 Å². The normalized spacial score (nSPS) is 14.4. The van der Waals surface area contributed by atoms with Crippen LogP contribution in [0.15, 0.2) is 22.2 Å². The second kappa shape index (κ2) is 7.31. The van der Waals surface area contributed by atoms with Gasteiger partial charge in [-0.3, -0.25) is 14.2 Å². The fourth-order valence-corrected chi connectivity index (χ4v) is 2.93. The van der Waals surface area contributed by atoms with Crippen molar-refractivity contribution in [3.05, 3.63) is 38.3 Å². The molecule has 0 aliphatic rings. The molecule has 0 aliphatic heterocycles. The summed E-state index contributed by atoms with van der Waals surface area (Å²) < 4.78 is 103. The van der Waals surface area contributed by atoms with Gasteiger partial charge >= 0.3 is 18.3 Å². The monoisotopic (exact) mass is 454 g/mol. The molecule has 2 rings (SSSR count). The maximum absolute atomic E-state index is 13.3. The Balaban J connectivity index is 2.59. The van der Waals surface area contributed by atoms with Crippen LogP contribution in [0.3, 0.4) is 0 Å². The molecule has 0 fully saturated rings. The summed E-state index contributed by atoms with van der Waals surface area (Å²) in [5, 5.41) is 0. The van der Waals surface area contributed by atoms with Gasteiger partial charge in [0.1, 0.15) is 10.9 Å². The van der Waals surface area contributed by atoms with Gasteiger partial charge in [-0.2, -0.15) is 35.1 Å². The summed E-state index contributed by atoms with van der Waals surface area (Å²) in [6.45, 7) is -2.11. The maximum atomic E-state index is 13.3. The third-order valence-electron chi connectivity index (χ3n) is 3.17. The summed E-state index contributed by atoms with van der Waals surface area (Å²) in [5.41, 5.74) is 0.0795. The third-order valence-corrected chi connectivity index (χ3v) is 4.27. The van der Waals surface area contributed by atoms with Crippen molar-refractivity contribution in [3.63, 3.8) is 0 Å². The van der Waals surface area contributed by atoms with Crippen LogP contribution in [0, 0.1) is 0 Å². The Morgan fingerprint density at radius 1 is 1.25 bits per heavy atom. The highest BCUT2D eigenvalue weighted by atomic mass is 35.5. The van der Waals surface area contributed by atoms with Gasteiger partial charge in [0.05, 0.1) is 5.56 Å².